The van der Waals surface area contributed by atoms with Crippen LogP contribution in [-0.4, -0.2) is 31.0 Å². The van der Waals surface area contributed by atoms with Gasteiger partial charge in [-0.25, -0.2) is 9.66 Å². The highest BCUT2D eigenvalue weighted by atomic mass is 35.5. The van der Waals surface area contributed by atoms with Gasteiger partial charge in [0, 0.05) is 11.8 Å². The molecule has 2 aromatic heterocycles. The quantitative estimate of drug-likeness (QED) is 0.396. The van der Waals surface area contributed by atoms with E-state index in [1.54, 1.807) is 25.3 Å². The number of aromatic nitrogens is 4. The van der Waals surface area contributed by atoms with Crippen molar-refractivity contribution in [3.63, 3.8) is 0 Å². The molecule has 0 saturated carbocycles. The molecule has 0 radical (unpaired) electrons. The summed E-state index contributed by atoms with van der Waals surface area (Å²) < 4.78 is 1.39. The SMILES string of the molecule is Cc1ccc(-c2nnc(S[C@@H](C)C(=O)Nc3cccnc3Cl)n2N)cc1. The Labute approximate surface area is 159 Å². The van der Waals surface area contributed by atoms with Gasteiger partial charge in [0.1, 0.15) is 0 Å². The maximum Gasteiger partial charge on any atom is 0.237 e. The third-order valence-corrected chi connectivity index (χ3v) is 5.00. The molecule has 9 heteroatoms. The number of carbonyl (C=O) groups is 1. The average molecular weight is 389 g/mol. The fraction of sp³-hybridized carbons (Fsp3) is 0.176. The summed E-state index contributed by atoms with van der Waals surface area (Å²) in [5.74, 6) is 6.41. The van der Waals surface area contributed by atoms with Gasteiger partial charge in [0.05, 0.1) is 10.9 Å². The highest BCUT2D eigenvalue weighted by Gasteiger charge is 2.20. The maximum absolute atomic E-state index is 12.4. The van der Waals surface area contributed by atoms with Crippen molar-refractivity contribution in [1.29, 1.82) is 0 Å². The van der Waals surface area contributed by atoms with Gasteiger partial charge < -0.3 is 11.2 Å². The van der Waals surface area contributed by atoms with E-state index in [4.69, 9.17) is 17.4 Å². The first kappa shape index (κ1) is 18.2. The topological polar surface area (TPSA) is 98.7 Å². The lowest BCUT2D eigenvalue weighted by Gasteiger charge is -2.12. The van der Waals surface area contributed by atoms with E-state index < -0.39 is 5.25 Å². The summed E-state index contributed by atoms with van der Waals surface area (Å²) in [5.41, 5.74) is 2.46. The number of benzene rings is 1. The lowest BCUT2D eigenvalue weighted by atomic mass is 10.1. The van der Waals surface area contributed by atoms with Crippen molar-refractivity contribution in [3.8, 4) is 11.4 Å². The van der Waals surface area contributed by atoms with E-state index in [1.165, 1.54) is 16.4 Å². The van der Waals surface area contributed by atoms with E-state index >= 15 is 0 Å². The Hall–Kier alpha value is -2.58. The van der Waals surface area contributed by atoms with Crippen LogP contribution in [0.15, 0.2) is 47.8 Å². The fourth-order valence-electron chi connectivity index (χ4n) is 2.18. The minimum absolute atomic E-state index is 0.232. The molecule has 2 heterocycles. The molecular formula is C17H17ClN6OS. The first-order valence-electron chi connectivity index (χ1n) is 7.81. The number of aryl methyl sites for hydroxylation is 1. The molecule has 7 nitrogen and oxygen atoms in total. The van der Waals surface area contributed by atoms with Crippen molar-refractivity contribution in [2.75, 3.05) is 11.2 Å². The van der Waals surface area contributed by atoms with Crippen molar-refractivity contribution >= 4 is 35.0 Å². The number of amides is 1. The predicted octanol–water partition coefficient (Wildman–Crippen LogP) is 3.14. The molecule has 0 aliphatic heterocycles. The number of nitrogens with one attached hydrogen (secondary N) is 1. The van der Waals surface area contributed by atoms with Crippen molar-refractivity contribution in [2.45, 2.75) is 24.3 Å². The first-order valence-corrected chi connectivity index (χ1v) is 9.07. The van der Waals surface area contributed by atoms with Gasteiger partial charge in [-0.2, -0.15) is 0 Å². The van der Waals surface area contributed by atoms with Gasteiger partial charge in [-0.1, -0.05) is 53.2 Å². The molecule has 3 N–H and O–H groups in total. The number of carbonyl (C=O) groups excluding carboxylic acids is 1. The van der Waals surface area contributed by atoms with Crippen LogP contribution in [0.1, 0.15) is 12.5 Å². The van der Waals surface area contributed by atoms with Gasteiger partial charge in [0.15, 0.2) is 11.0 Å². The molecular weight excluding hydrogens is 372 g/mol. The molecule has 134 valence electrons. The Bertz CT molecular complexity index is 927. The number of nitrogen functional groups attached to an aromatic ring is 1. The van der Waals surface area contributed by atoms with E-state index in [0.717, 1.165) is 11.1 Å². The summed E-state index contributed by atoms with van der Waals surface area (Å²) in [5, 5.41) is 11.2. The van der Waals surface area contributed by atoms with Crippen LogP contribution in [0.3, 0.4) is 0 Å². The Balaban J connectivity index is 1.71. The van der Waals surface area contributed by atoms with Gasteiger partial charge in [-0.15, -0.1) is 10.2 Å². The number of rotatable bonds is 5. The smallest absolute Gasteiger partial charge is 0.237 e. The molecule has 3 rings (SSSR count). The summed E-state index contributed by atoms with van der Waals surface area (Å²) in [6.07, 6.45) is 1.56. The third kappa shape index (κ3) is 3.97. The second-order valence-electron chi connectivity index (χ2n) is 5.63. The summed E-state index contributed by atoms with van der Waals surface area (Å²) in [6.45, 7) is 3.76. The summed E-state index contributed by atoms with van der Waals surface area (Å²) in [4.78, 5) is 16.3. The minimum atomic E-state index is -0.455. The molecule has 3 aromatic rings. The van der Waals surface area contributed by atoms with Crippen LogP contribution in [-0.2, 0) is 4.79 Å². The van der Waals surface area contributed by atoms with Crippen LogP contribution in [0.2, 0.25) is 5.15 Å². The van der Waals surface area contributed by atoms with Crippen LogP contribution in [0.5, 0.6) is 0 Å². The largest absolute Gasteiger partial charge is 0.335 e. The zero-order valence-electron chi connectivity index (χ0n) is 14.2. The lowest BCUT2D eigenvalue weighted by Crippen LogP contribution is -2.24. The monoisotopic (exact) mass is 388 g/mol. The highest BCUT2D eigenvalue weighted by Crippen LogP contribution is 2.26. The average Bonchev–Trinajstić information content (AvgIpc) is 2.98. The number of hydrogen-bond acceptors (Lipinski definition) is 6. The van der Waals surface area contributed by atoms with E-state index in [-0.39, 0.29) is 11.1 Å². The van der Waals surface area contributed by atoms with Crippen molar-refractivity contribution in [1.82, 2.24) is 19.9 Å². The minimum Gasteiger partial charge on any atom is -0.335 e. The van der Waals surface area contributed by atoms with E-state index in [2.05, 4.69) is 20.5 Å². The van der Waals surface area contributed by atoms with Gasteiger partial charge in [-0.3, -0.25) is 4.79 Å². The molecule has 1 atom stereocenters. The lowest BCUT2D eigenvalue weighted by molar-refractivity contribution is -0.115. The number of nitrogens with two attached hydrogens (primary N) is 1. The number of anilines is 1. The van der Waals surface area contributed by atoms with Crippen LogP contribution in [0.4, 0.5) is 5.69 Å². The summed E-state index contributed by atoms with van der Waals surface area (Å²) in [7, 11) is 0. The second kappa shape index (κ2) is 7.76. The van der Waals surface area contributed by atoms with Crippen LogP contribution in [0, 0.1) is 6.92 Å². The van der Waals surface area contributed by atoms with Crippen LogP contribution in [0.25, 0.3) is 11.4 Å². The number of halogens is 1. The Morgan fingerprint density at radius 1 is 1.27 bits per heavy atom. The summed E-state index contributed by atoms with van der Waals surface area (Å²) in [6, 6.07) is 11.2. The standard InChI is InChI=1S/C17H17ClN6OS/c1-10-5-7-12(8-6-10)15-22-23-17(24(15)19)26-11(2)16(25)21-13-4-3-9-20-14(13)18/h3-9,11H,19H2,1-2H3,(H,21,25)/t11-/m0/s1. The van der Waals surface area contributed by atoms with Gasteiger partial charge in [0.25, 0.3) is 0 Å². The van der Waals surface area contributed by atoms with Crippen molar-refractivity contribution in [2.24, 2.45) is 0 Å². The zero-order valence-corrected chi connectivity index (χ0v) is 15.8. The molecule has 0 unspecified atom stereocenters. The Morgan fingerprint density at radius 2 is 2.00 bits per heavy atom. The highest BCUT2D eigenvalue weighted by molar-refractivity contribution is 8.00. The summed E-state index contributed by atoms with van der Waals surface area (Å²) >= 11 is 7.17. The molecule has 0 fully saturated rings. The first-order chi connectivity index (χ1) is 12.5. The third-order valence-electron chi connectivity index (χ3n) is 3.64. The fourth-order valence-corrected chi connectivity index (χ4v) is 3.12. The van der Waals surface area contributed by atoms with Crippen LogP contribution < -0.4 is 11.2 Å². The molecule has 1 amide bonds. The zero-order chi connectivity index (χ0) is 18.7. The number of hydrogen-bond donors (Lipinski definition) is 2. The molecule has 0 saturated heterocycles. The number of nitrogens with zero attached hydrogens (tertiary/aromatic N) is 4. The predicted molar refractivity (Wildman–Crippen MR) is 104 cm³/mol. The van der Waals surface area contributed by atoms with E-state index in [0.29, 0.717) is 16.7 Å². The van der Waals surface area contributed by atoms with Gasteiger partial charge >= 0.3 is 0 Å². The molecule has 0 spiro atoms. The Kier molecular flexibility index (Phi) is 5.43. The second-order valence-corrected chi connectivity index (χ2v) is 7.30. The molecule has 0 bridgehead atoms. The van der Waals surface area contributed by atoms with E-state index in [1.807, 2.05) is 31.2 Å². The van der Waals surface area contributed by atoms with E-state index in [9.17, 15) is 4.79 Å². The van der Waals surface area contributed by atoms with Crippen molar-refractivity contribution < 1.29 is 4.79 Å². The number of pyridine rings is 1. The molecule has 26 heavy (non-hydrogen) atoms. The van der Waals surface area contributed by atoms with Gasteiger partial charge in [-0.05, 0) is 26.0 Å². The number of thioether (sulfide) groups is 1. The normalized spacial score (nSPS) is 12.0. The van der Waals surface area contributed by atoms with Gasteiger partial charge in [0.2, 0.25) is 11.1 Å². The maximum atomic E-state index is 12.4. The molecule has 1 aromatic carbocycles. The van der Waals surface area contributed by atoms with Crippen molar-refractivity contribution in [3.05, 3.63) is 53.3 Å². The molecule has 0 aliphatic carbocycles. The Morgan fingerprint density at radius 3 is 2.69 bits per heavy atom. The van der Waals surface area contributed by atoms with Crippen LogP contribution >= 0.6 is 23.4 Å². The molecule has 0 aliphatic rings.